The molecule has 0 amide bonds. The fourth-order valence-corrected chi connectivity index (χ4v) is 0. The normalized spacial score (nSPS) is 4.50. The fourth-order valence-electron chi connectivity index (χ4n) is 0. The fraction of sp³-hybridized carbons (Fsp3) is 0. The SMILES string of the molecule is Cl[Se]Cl.[TeH2]. The summed E-state index contributed by atoms with van der Waals surface area (Å²) in [6, 6.07) is 0. The average Bonchev–Trinajstić information content (AvgIpc) is 0.918. The van der Waals surface area contributed by atoms with Crippen LogP contribution in [0.5, 0.6) is 0 Å². The van der Waals surface area contributed by atoms with Crippen LogP contribution in [0.3, 0.4) is 0 Å². The third-order valence-corrected chi connectivity index (χ3v) is 0. The molecule has 0 aliphatic carbocycles. The summed E-state index contributed by atoms with van der Waals surface area (Å²) in [5, 5.41) is 0. The topological polar surface area (TPSA) is 0 Å². The van der Waals surface area contributed by atoms with Gasteiger partial charge in [0, 0.05) is 0 Å². The summed E-state index contributed by atoms with van der Waals surface area (Å²) in [5.74, 6) is 0. The molecule has 28 valence electrons. The Hall–Kier alpha value is 1.89. The van der Waals surface area contributed by atoms with E-state index >= 15 is 0 Å². The van der Waals surface area contributed by atoms with Crippen molar-refractivity contribution in [3.63, 3.8) is 0 Å². The molecule has 0 aromatic carbocycles. The monoisotopic (exact) mass is 282 g/mol. The number of hydrogen-bond donors (Lipinski definition) is 0. The molecule has 0 fully saturated rings. The van der Waals surface area contributed by atoms with Gasteiger partial charge < -0.3 is 0 Å². The first-order valence-electron chi connectivity index (χ1n) is 0.309. The first-order valence-corrected chi connectivity index (χ1v) is 4.81. The Morgan fingerprint density at radius 3 is 1.25 bits per heavy atom. The van der Waals surface area contributed by atoms with E-state index in [-0.39, 0.29) is 36.8 Å². The van der Waals surface area contributed by atoms with Crippen molar-refractivity contribution in [3.05, 3.63) is 0 Å². The summed E-state index contributed by atoms with van der Waals surface area (Å²) >= 11 is -0.181. The van der Waals surface area contributed by atoms with Crippen LogP contribution < -0.4 is 0 Å². The van der Waals surface area contributed by atoms with Gasteiger partial charge in [0.15, 0.2) is 0 Å². The van der Waals surface area contributed by atoms with Crippen LogP contribution in [0.4, 0.5) is 0 Å². The van der Waals surface area contributed by atoms with Gasteiger partial charge >= 0.3 is 57.0 Å². The minimum absolute atomic E-state index is 0. The maximum absolute atomic E-state index is 4.83. The molecule has 0 rings (SSSR count). The summed E-state index contributed by atoms with van der Waals surface area (Å²) in [6.07, 6.45) is 0. The number of rotatable bonds is 0. The van der Waals surface area contributed by atoms with Crippen molar-refractivity contribution >= 4 is 57.0 Å². The van der Waals surface area contributed by atoms with E-state index in [9.17, 15) is 0 Å². The quantitative estimate of drug-likeness (QED) is 0.551. The van der Waals surface area contributed by atoms with Gasteiger partial charge in [0.2, 0.25) is 0 Å². The van der Waals surface area contributed by atoms with E-state index in [0.717, 1.165) is 0 Å². The molecule has 0 saturated carbocycles. The standard InChI is InChI=1S/Cl2Se.H2Te/c1-3-2;/h;1H2. The van der Waals surface area contributed by atoms with Crippen molar-refractivity contribution in [1.29, 1.82) is 0 Å². The van der Waals surface area contributed by atoms with Crippen LogP contribution in [0.25, 0.3) is 0 Å². The summed E-state index contributed by atoms with van der Waals surface area (Å²) in [4.78, 5) is 0. The predicted molar refractivity (Wildman–Crippen MR) is 26.0 cm³/mol. The zero-order valence-corrected chi connectivity index (χ0v) is 7.74. The summed E-state index contributed by atoms with van der Waals surface area (Å²) in [7, 11) is 9.65. The van der Waals surface area contributed by atoms with Crippen LogP contribution in [-0.4, -0.2) is 36.8 Å². The molecule has 0 aromatic rings. The molecule has 0 atom stereocenters. The zero-order valence-electron chi connectivity index (χ0n) is 1.66. The van der Waals surface area contributed by atoms with E-state index in [1.54, 1.807) is 0 Å². The van der Waals surface area contributed by atoms with Gasteiger partial charge in [-0.2, -0.15) is 0 Å². The number of hydrogen-bond acceptors (Lipinski definition) is 0. The molecule has 0 heterocycles. The van der Waals surface area contributed by atoms with E-state index in [4.69, 9.17) is 20.2 Å². The van der Waals surface area contributed by atoms with Crippen LogP contribution in [-0.2, 0) is 0 Å². The summed E-state index contributed by atoms with van der Waals surface area (Å²) in [5.41, 5.74) is 0. The first-order chi connectivity index (χ1) is 1.41. The van der Waals surface area contributed by atoms with E-state index in [1.807, 2.05) is 0 Å². The molecule has 4 heavy (non-hydrogen) atoms. The molecule has 0 bridgehead atoms. The van der Waals surface area contributed by atoms with Crippen LogP contribution in [0.2, 0.25) is 0 Å². The molecule has 0 aliphatic heterocycles. The molecule has 0 aliphatic rings. The van der Waals surface area contributed by atoms with Crippen LogP contribution >= 0.6 is 20.2 Å². The Kier molecular flexibility index (Phi) is 20.6. The van der Waals surface area contributed by atoms with Crippen molar-refractivity contribution in [1.82, 2.24) is 0 Å². The first kappa shape index (κ1) is 9.31. The molecule has 0 spiro atoms. The Balaban J connectivity index is 0. The zero-order chi connectivity index (χ0) is 2.71. The van der Waals surface area contributed by atoms with Crippen LogP contribution in [0, 0.1) is 0 Å². The van der Waals surface area contributed by atoms with Gasteiger partial charge in [-0.05, 0) is 0 Å². The Labute approximate surface area is 56.6 Å². The van der Waals surface area contributed by atoms with E-state index in [0.29, 0.717) is 0 Å². The molecular weight excluding hydrogens is 277 g/mol. The number of halogens is 2. The minimum atomic E-state index is -0.181. The molecule has 0 unspecified atom stereocenters. The Morgan fingerprint density at radius 1 is 1.25 bits per heavy atom. The molecule has 0 N–H and O–H groups in total. The van der Waals surface area contributed by atoms with Gasteiger partial charge in [-0.25, -0.2) is 0 Å². The Morgan fingerprint density at radius 2 is 1.25 bits per heavy atom. The molecule has 0 radical (unpaired) electrons. The third kappa shape index (κ3) is 9.10. The van der Waals surface area contributed by atoms with Crippen LogP contribution in [0.1, 0.15) is 0 Å². The van der Waals surface area contributed by atoms with E-state index in [1.165, 1.54) is 0 Å². The Bertz CT molecular complexity index is 6.00. The van der Waals surface area contributed by atoms with Crippen molar-refractivity contribution in [2.45, 2.75) is 0 Å². The van der Waals surface area contributed by atoms with E-state index in [2.05, 4.69) is 0 Å². The summed E-state index contributed by atoms with van der Waals surface area (Å²) in [6.45, 7) is 0. The molecular formula is H2Cl2SeTe. The third-order valence-electron chi connectivity index (χ3n) is 0. The van der Waals surface area contributed by atoms with Crippen molar-refractivity contribution in [3.8, 4) is 0 Å². The molecule has 4 heteroatoms. The van der Waals surface area contributed by atoms with Gasteiger partial charge in [0.05, 0.1) is 0 Å². The predicted octanol–water partition coefficient (Wildman–Crippen LogP) is 0.0820. The van der Waals surface area contributed by atoms with Gasteiger partial charge in [0.1, 0.15) is 0 Å². The average molecular weight is 279 g/mol. The molecule has 0 saturated heterocycles. The second-order valence-corrected chi connectivity index (χ2v) is 2.73. The van der Waals surface area contributed by atoms with Crippen molar-refractivity contribution in [2.24, 2.45) is 0 Å². The van der Waals surface area contributed by atoms with Gasteiger partial charge in [-0.1, -0.05) is 0 Å². The second kappa shape index (κ2) is 8.86. The summed E-state index contributed by atoms with van der Waals surface area (Å²) < 4.78 is 0. The van der Waals surface area contributed by atoms with Crippen LogP contribution in [0.15, 0.2) is 0 Å². The molecule has 0 nitrogen and oxygen atoms in total. The van der Waals surface area contributed by atoms with Gasteiger partial charge in [0.25, 0.3) is 0 Å². The van der Waals surface area contributed by atoms with Gasteiger partial charge in [-0.15, -0.1) is 0 Å². The second-order valence-electron chi connectivity index (χ2n) is 0.0583. The molecule has 0 aromatic heterocycles. The van der Waals surface area contributed by atoms with Crippen molar-refractivity contribution < 1.29 is 0 Å². The van der Waals surface area contributed by atoms with E-state index < -0.39 is 0 Å². The maximum atomic E-state index is 4.83. The van der Waals surface area contributed by atoms with Crippen molar-refractivity contribution in [2.75, 3.05) is 0 Å². The van der Waals surface area contributed by atoms with Gasteiger partial charge in [-0.3, -0.25) is 0 Å².